The molecule has 0 spiro atoms. The van der Waals surface area contributed by atoms with Gasteiger partial charge in [-0.1, -0.05) is 0 Å². The van der Waals surface area contributed by atoms with Crippen LogP contribution >= 0.6 is 0 Å². The fourth-order valence-electron chi connectivity index (χ4n) is 2.56. The Morgan fingerprint density at radius 3 is 2.90 bits per heavy atom. The van der Waals surface area contributed by atoms with Crippen LogP contribution in [0.15, 0.2) is 18.3 Å². The van der Waals surface area contributed by atoms with Gasteiger partial charge in [-0.3, -0.25) is 9.59 Å². The number of aliphatic carboxylic acids is 1. The average molecular weight is 287 g/mol. The molecule has 1 aromatic heterocycles. The number of likely N-dealkylation sites (tertiary alicyclic amines) is 1. The van der Waals surface area contributed by atoms with Crippen LogP contribution in [-0.2, 0) is 4.79 Å². The number of aromatic nitrogens is 1. The van der Waals surface area contributed by atoms with Gasteiger partial charge in [0.25, 0.3) is 5.91 Å². The summed E-state index contributed by atoms with van der Waals surface area (Å²) in [5.74, 6) is -0.719. The van der Waals surface area contributed by atoms with Crippen LogP contribution in [0.3, 0.4) is 0 Å². The number of rotatable bonds is 4. The van der Waals surface area contributed by atoms with Crippen molar-refractivity contribution < 1.29 is 14.7 Å². The third-order valence-electron chi connectivity index (χ3n) is 3.68. The highest BCUT2D eigenvalue weighted by Gasteiger charge is 2.25. The second-order valence-corrected chi connectivity index (χ2v) is 5.24. The monoisotopic (exact) mass is 287 g/mol. The van der Waals surface area contributed by atoms with E-state index in [1.54, 1.807) is 17.0 Å². The standard InChI is InChI=1S/C15H17N3O3/c16-8-12-3-5-13(17-9-12)15(21)18-7-1-2-11(10-18)4-6-14(19)20/h3,5,9,11H,1-2,4,6-7,10H2,(H,19,20). The zero-order valence-electron chi connectivity index (χ0n) is 11.7. The first-order valence-corrected chi connectivity index (χ1v) is 6.97. The fourth-order valence-corrected chi connectivity index (χ4v) is 2.56. The summed E-state index contributed by atoms with van der Waals surface area (Å²) in [6, 6.07) is 5.10. The lowest BCUT2D eigenvalue weighted by atomic mass is 9.93. The Kier molecular flexibility index (Phi) is 4.88. The number of carboxylic acid groups (broad SMARTS) is 1. The van der Waals surface area contributed by atoms with Crippen LogP contribution in [0.5, 0.6) is 0 Å². The van der Waals surface area contributed by atoms with Crippen molar-refractivity contribution in [2.75, 3.05) is 13.1 Å². The minimum atomic E-state index is -0.799. The molecule has 0 saturated carbocycles. The summed E-state index contributed by atoms with van der Waals surface area (Å²) in [7, 11) is 0. The maximum absolute atomic E-state index is 12.3. The second-order valence-electron chi connectivity index (χ2n) is 5.24. The Hall–Kier alpha value is -2.42. The molecule has 6 nitrogen and oxygen atoms in total. The highest BCUT2D eigenvalue weighted by Crippen LogP contribution is 2.22. The molecule has 2 heterocycles. The summed E-state index contributed by atoms with van der Waals surface area (Å²) in [5.41, 5.74) is 0.748. The number of carbonyl (C=O) groups is 2. The first-order valence-electron chi connectivity index (χ1n) is 6.97. The second kappa shape index (κ2) is 6.84. The van der Waals surface area contributed by atoms with Gasteiger partial charge >= 0.3 is 5.97 Å². The summed E-state index contributed by atoms with van der Waals surface area (Å²) >= 11 is 0. The lowest BCUT2D eigenvalue weighted by Gasteiger charge is -2.32. The van der Waals surface area contributed by atoms with Crippen molar-refractivity contribution in [1.29, 1.82) is 5.26 Å². The van der Waals surface area contributed by atoms with E-state index in [1.807, 2.05) is 6.07 Å². The third kappa shape index (κ3) is 4.02. The molecule has 2 rings (SSSR count). The van der Waals surface area contributed by atoms with E-state index in [9.17, 15) is 9.59 Å². The smallest absolute Gasteiger partial charge is 0.303 e. The third-order valence-corrected chi connectivity index (χ3v) is 3.68. The van der Waals surface area contributed by atoms with E-state index in [-0.39, 0.29) is 18.2 Å². The molecule has 0 radical (unpaired) electrons. The SMILES string of the molecule is N#Cc1ccc(C(=O)N2CCCC(CCC(=O)O)C2)nc1. The number of carboxylic acids is 1. The van der Waals surface area contributed by atoms with Crippen molar-refractivity contribution in [2.24, 2.45) is 5.92 Å². The van der Waals surface area contributed by atoms with E-state index < -0.39 is 5.97 Å². The van der Waals surface area contributed by atoms with E-state index in [0.717, 1.165) is 12.8 Å². The van der Waals surface area contributed by atoms with E-state index >= 15 is 0 Å². The molecule has 1 amide bonds. The number of pyridine rings is 1. The summed E-state index contributed by atoms with van der Waals surface area (Å²) in [6.07, 6.45) is 3.96. The van der Waals surface area contributed by atoms with Crippen LogP contribution in [0.2, 0.25) is 0 Å². The maximum atomic E-state index is 12.3. The highest BCUT2D eigenvalue weighted by atomic mass is 16.4. The number of amides is 1. The predicted molar refractivity (Wildman–Crippen MR) is 74.4 cm³/mol. The minimum absolute atomic E-state index is 0.141. The largest absolute Gasteiger partial charge is 0.481 e. The topological polar surface area (TPSA) is 94.3 Å². The zero-order valence-corrected chi connectivity index (χ0v) is 11.7. The molecule has 110 valence electrons. The van der Waals surface area contributed by atoms with Crippen molar-refractivity contribution in [3.05, 3.63) is 29.6 Å². The van der Waals surface area contributed by atoms with Crippen molar-refractivity contribution >= 4 is 11.9 Å². The highest BCUT2D eigenvalue weighted by molar-refractivity contribution is 5.92. The Labute approximate surface area is 123 Å². The molecule has 0 aliphatic carbocycles. The van der Waals surface area contributed by atoms with Gasteiger partial charge in [-0.2, -0.15) is 5.26 Å². The molecule has 1 unspecified atom stereocenters. The van der Waals surface area contributed by atoms with Crippen LogP contribution in [0, 0.1) is 17.2 Å². The van der Waals surface area contributed by atoms with Crippen molar-refractivity contribution in [1.82, 2.24) is 9.88 Å². The first kappa shape index (κ1) is 15.0. The molecule has 0 bridgehead atoms. The van der Waals surface area contributed by atoms with Crippen LogP contribution < -0.4 is 0 Å². The van der Waals surface area contributed by atoms with Crippen LogP contribution in [-0.4, -0.2) is 40.0 Å². The number of piperidine rings is 1. The Balaban J connectivity index is 1.98. The Morgan fingerprint density at radius 2 is 2.29 bits per heavy atom. The molecule has 1 aliphatic rings. The van der Waals surface area contributed by atoms with Gasteiger partial charge in [-0.25, -0.2) is 4.98 Å². The lowest BCUT2D eigenvalue weighted by molar-refractivity contribution is -0.137. The molecule has 1 atom stereocenters. The van der Waals surface area contributed by atoms with Gasteiger partial charge in [0.05, 0.1) is 5.56 Å². The van der Waals surface area contributed by atoms with Crippen molar-refractivity contribution in [3.63, 3.8) is 0 Å². The molecule has 1 N–H and O–H groups in total. The number of nitriles is 1. The molecule has 21 heavy (non-hydrogen) atoms. The number of carbonyl (C=O) groups excluding carboxylic acids is 1. The number of nitrogens with zero attached hydrogens (tertiary/aromatic N) is 3. The maximum Gasteiger partial charge on any atom is 0.303 e. The van der Waals surface area contributed by atoms with Gasteiger partial charge in [-0.05, 0) is 37.3 Å². The van der Waals surface area contributed by atoms with Crippen LogP contribution in [0.25, 0.3) is 0 Å². The normalized spacial score (nSPS) is 18.0. The molecule has 6 heteroatoms. The van der Waals surface area contributed by atoms with Gasteiger partial charge in [0, 0.05) is 25.7 Å². The van der Waals surface area contributed by atoms with Gasteiger partial charge in [0.1, 0.15) is 11.8 Å². The molecule has 1 aliphatic heterocycles. The minimum Gasteiger partial charge on any atom is -0.481 e. The van der Waals surface area contributed by atoms with E-state index in [4.69, 9.17) is 10.4 Å². The van der Waals surface area contributed by atoms with Crippen LogP contribution in [0.4, 0.5) is 0 Å². The molecular formula is C15H17N3O3. The van der Waals surface area contributed by atoms with Gasteiger partial charge in [0.15, 0.2) is 0 Å². The predicted octanol–water partition coefficient (Wildman–Crippen LogP) is 1.67. The van der Waals surface area contributed by atoms with E-state index in [2.05, 4.69) is 4.98 Å². The lowest BCUT2D eigenvalue weighted by Crippen LogP contribution is -2.40. The first-order chi connectivity index (χ1) is 10.1. The van der Waals surface area contributed by atoms with Crippen molar-refractivity contribution in [2.45, 2.75) is 25.7 Å². The summed E-state index contributed by atoms with van der Waals surface area (Å²) < 4.78 is 0. The van der Waals surface area contributed by atoms with Crippen LogP contribution in [0.1, 0.15) is 41.7 Å². The summed E-state index contributed by atoms with van der Waals surface area (Å²) in [5, 5.41) is 17.5. The molecule has 1 saturated heterocycles. The average Bonchev–Trinajstić information content (AvgIpc) is 2.52. The number of hydrogen-bond acceptors (Lipinski definition) is 4. The quantitative estimate of drug-likeness (QED) is 0.909. The fraction of sp³-hybridized carbons (Fsp3) is 0.467. The van der Waals surface area contributed by atoms with E-state index in [0.29, 0.717) is 30.8 Å². The van der Waals surface area contributed by atoms with Gasteiger partial charge in [-0.15, -0.1) is 0 Å². The molecular weight excluding hydrogens is 270 g/mol. The molecule has 0 aromatic carbocycles. The zero-order chi connectivity index (χ0) is 15.2. The Bertz CT molecular complexity index is 563. The summed E-state index contributed by atoms with van der Waals surface area (Å²) in [6.45, 7) is 1.25. The number of hydrogen-bond donors (Lipinski definition) is 1. The van der Waals surface area contributed by atoms with Crippen molar-refractivity contribution in [3.8, 4) is 6.07 Å². The molecule has 1 fully saturated rings. The van der Waals surface area contributed by atoms with Gasteiger partial charge in [0.2, 0.25) is 0 Å². The van der Waals surface area contributed by atoms with Gasteiger partial charge < -0.3 is 10.0 Å². The molecule has 1 aromatic rings. The summed E-state index contributed by atoms with van der Waals surface area (Å²) in [4.78, 5) is 28.7. The Morgan fingerprint density at radius 1 is 1.48 bits per heavy atom. The van der Waals surface area contributed by atoms with E-state index in [1.165, 1.54) is 6.20 Å².